The molecule has 5 heteroatoms. The Bertz CT molecular complexity index is 1380. The Hall–Kier alpha value is -3.18. The normalized spacial score (nSPS) is 13.9. The second-order valence-electron chi connectivity index (χ2n) is 8.57. The van der Waals surface area contributed by atoms with Crippen molar-refractivity contribution in [3.05, 3.63) is 101 Å². The largest absolute Gasteiger partial charge is 0.264 e. The van der Waals surface area contributed by atoms with Crippen molar-refractivity contribution in [2.75, 3.05) is 4.31 Å². The van der Waals surface area contributed by atoms with Gasteiger partial charge >= 0.3 is 0 Å². The summed E-state index contributed by atoms with van der Waals surface area (Å²) < 4.78 is 29.7. The molecule has 0 saturated heterocycles. The molecule has 1 fully saturated rings. The monoisotopic (exact) mass is 442 g/mol. The minimum atomic E-state index is -3.80. The zero-order valence-corrected chi connectivity index (χ0v) is 19.1. The van der Waals surface area contributed by atoms with Gasteiger partial charge in [-0.2, -0.15) is 0 Å². The number of anilines is 1. The first-order valence-corrected chi connectivity index (χ1v) is 12.4. The van der Waals surface area contributed by atoms with E-state index in [1.165, 1.54) is 0 Å². The topological polar surface area (TPSA) is 50.3 Å². The van der Waals surface area contributed by atoms with E-state index in [1.54, 1.807) is 16.4 Å². The molecule has 0 atom stereocenters. The first-order valence-electron chi connectivity index (χ1n) is 11.0. The van der Waals surface area contributed by atoms with Crippen molar-refractivity contribution in [2.45, 2.75) is 44.0 Å². The highest BCUT2D eigenvalue weighted by Crippen LogP contribution is 2.45. The zero-order chi connectivity index (χ0) is 22.3. The molecule has 1 aromatic heterocycles. The van der Waals surface area contributed by atoms with Gasteiger partial charge in [-0.3, -0.25) is 9.29 Å². The SMILES string of the molecule is Cc1ccc(S(=O)(=O)N(Cc2ccccc2)c2c(C)c(C3CC3)nc3ccccc23)cc1. The molecule has 4 aromatic rings. The van der Waals surface area contributed by atoms with Crippen LogP contribution in [0.4, 0.5) is 5.69 Å². The number of rotatable bonds is 6. The van der Waals surface area contributed by atoms with E-state index in [2.05, 4.69) is 0 Å². The summed E-state index contributed by atoms with van der Waals surface area (Å²) in [6.07, 6.45) is 2.21. The van der Waals surface area contributed by atoms with Crippen LogP contribution in [0.2, 0.25) is 0 Å². The van der Waals surface area contributed by atoms with Gasteiger partial charge in [0.2, 0.25) is 0 Å². The van der Waals surface area contributed by atoms with Gasteiger partial charge in [0.15, 0.2) is 0 Å². The van der Waals surface area contributed by atoms with E-state index in [0.717, 1.165) is 51.8 Å². The molecule has 1 heterocycles. The van der Waals surface area contributed by atoms with Gasteiger partial charge in [0.25, 0.3) is 10.0 Å². The number of hydrogen-bond acceptors (Lipinski definition) is 3. The molecule has 0 spiro atoms. The number of aromatic nitrogens is 1. The average Bonchev–Trinajstić information content (AvgIpc) is 3.64. The summed E-state index contributed by atoms with van der Waals surface area (Å²) in [5.41, 5.74) is 5.53. The lowest BCUT2D eigenvalue weighted by molar-refractivity contribution is 0.590. The standard InChI is InChI=1S/C27H26N2O2S/c1-19-12-16-23(17-13-19)32(30,31)29(18-21-8-4-3-5-9-21)27-20(2)26(22-14-15-22)28-25-11-7-6-10-24(25)27/h3-13,16-17,22H,14-15,18H2,1-2H3. The molecule has 0 unspecified atom stereocenters. The van der Waals surface area contributed by atoms with Crippen molar-refractivity contribution in [1.29, 1.82) is 0 Å². The van der Waals surface area contributed by atoms with Crippen LogP contribution >= 0.6 is 0 Å². The number of aryl methyl sites for hydroxylation is 1. The summed E-state index contributed by atoms with van der Waals surface area (Å²) in [4.78, 5) is 5.23. The molecular weight excluding hydrogens is 416 g/mol. The van der Waals surface area contributed by atoms with Gasteiger partial charge in [0.05, 0.1) is 22.6 Å². The van der Waals surface area contributed by atoms with Crippen LogP contribution in [-0.2, 0) is 16.6 Å². The van der Waals surface area contributed by atoms with Crippen molar-refractivity contribution in [3.63, 3.8) is 0 Å². The Morgan fingerprint density at radius 1 is 0.875 bits per heavy atom. The van der Waals surface area contributed by atoms with Crippen molar-refractivity contribution < 1.29 is 8.42 Å². The lowest BCUT2D eigenvalue weighted by atomic mass is 10.0. The first kappa shape index (κ1) is 20.7. The Morgan fingerprint density at radius 3 is 2.22 bits per heavy atom. The molecule has 0 aliphatic heterocycles. The molecule has 0 bridgehead atoms. The summed E-state index contributed by atoms with van der Waals surface area (Å²) in [7, 11) is -3.80. The van der Waals surface area contributed by atoms with Gasteiger partial charge in [-0.1, -0.05) is 66.2 Å². The Balaban J connectivity index is 1.77. The van der Waals surface area contributed by atoms with Crippen LogP contribution in [0.25, 0.3) is 10.9 Å². The highest BCUT2D eigenvalue weighted by Gasteiger charge is 2.33. The third-order valence-electron chi connectivity index (χ3n) is 6.13. The summed E-state index contributed by atoms with van der Waals surface area (Å²) in [5.74, 6) is 0.416. The number of sulfonamides is 1. The fourth-order valence-electron chi connectivity index (χ4n) is 4.25. The molecule has 1 aliphatic carbocycles. The van der Waals surface area contributed by atoms with E-state index in [9.17, 15) is 8.42 Å². The predicted octanol–water partition coefficient (Wildman–Crippen LogP) is 6.12. The van der Waals surface area contributed by atoms with Crippen LogP contribution < -0.4 is 4.31 Å². The van der Waals surface area contributed by atoms with Crippen molar-refractivity contribution in [2.24, 2.45) is 0 Å². The van der Waals surface area contributed by atoms with Crippen LogP contribution in [0.15, 0.2) is 83.8 Å². The van der Waals surface area contributed by atoms with Crippen LogP contribution in [-0.4, -0.2) is 13.4 Å². The molecule has 0 N–H and O–H groups in total. The molecule has 1 aliphatic rings. The Morgan fingerprint density at radius 2 is 1.53 bits per heavy atom. The molecule has 4 nitrogen and oxygen atoms in total. The maximum atomic E-state index is 14.0. The minimum absolute atomic E-state index is 0.260. The maximum absolute atomic E-state index is 14.0. The van der Waals surface area contributed by atoms with Gasteiger partial charge < -0.3 is 0 Å². The van der Waals surface area contributed by atoms with E-state index < -0.39 is 10.0 Å². The smallest absolute Gasteiger partial charge is 0.261 e. The minimum Gasteiger partial charge on any atom is -0.261 e. The number of hydrogen-bond donors (Lipinski definition) is 0. The lowest BCUT2D eigenvalue weighted by Gasteiger charge is -2.28. The second-order valence-corrected chi connectivity index (χ2v) is 10.4. The maximum Gasteiger partial charge on any atom is 0.264 e. The summed E-state index contributed by atoms with van der Waals surface area (Å²) in [6.45, 7) is 4.24. The molecular formula is C27H26N2O2S. The number of para-hydroxylation sites is 1. The van der Waals surface area contributed by atoms with Crippen molar-refractivity contribution >= 4 is 26.6 Å². The van der Waals surface area contributed by atoms with Gasteiger partial charge in [0.1, 0.15) is 0 Å². The number of benzene rings is 3. The highest BCUT2D eigenvalue weighted by molar-refractivity contribution is 7.92. The third kappa shape index (κ3) is 3.78. The predicted molar refractivity (Wildman–Crippen MR) is 129 cm³/mol. The summed E-state index contributed by atoms with van der Waals surface area (Å²) in [6, 6.07) is 24.7. The fraction of sp³-hybridized carbons (Fsp3) is 0.222. The highest BCUT2D eigenvalue weighted by atomic mass is 32.2. The summed E-state index contributed by atoms with van der Waals surface area (Å²) >= 11 is 0. The van der Waals surface area contributed by atoms with Gasteiger partial charge in [-0.25, -0.2) is 8.42 Å². The van der Waals surface area contributed by atoms with E-state index >= 15 is 0 Å². The zero-order valence-electron chi connectivity index (χ0n) is 18.3. The van der Waals surface area contributed by atoms with E-state index in [4.69, 9.17) is 4.98 Å². The lowest BCUT2D eigenvalue weighted by Crippen LogP contribution is -2.31. The molecule has 162 valence electrons. The molecule has 5 rings (SSSR count). The quantitative estimate of drug-likeness (QED) is 0.361. The van der Waals surface area contributed by atoms with Crippen LogP contribution in [0, 0.1) is 13.8 Å². The molecule has 0 radical (unpaired) electrons. The van der Waals surface area contributed by atoms with Gasteiger partial charge in [0, 0.05) is 17.0 Å². The van der Waals surface area contributed by atoms with Crippen LogP contribution in [0.5, 0.6) is 0 Å². The number of nitrogens with zero attached hydrogens (tertiary/aromatic N) is 2. The van der Waals surface area contributed by atoms with Crippen LogP contribution in [0.1, 0.15) is 41.1 Å². The van der Waals surface area contributed by atoms with Crippen molar-refractivity contribution in [1.82, 2.24) is 4.98 Å². The molecule has 1 saturated carbocycles. The van der Waals surface area contributed by atoms with Crippen molar-refractivity contribution in [3.8, 4) is 0 Å². The number of pyridine rings is 1. The van der Waals surface area contributed by atoms with Gasteiger partial charge in [-0.15, -0.1) is 0 Å². The molecule has 0 amide bonds. The third-order valence-corrected chi connectivity index (χ3v) is 7.89. The Kier molecular flexibility index (Phi) is 5.22. The summed E-state index contributed by atoms with van der Waals surface area (Å²) in [5, 5.41) is 0.862. The van der Waals surface area contributed by atoms with E-state index in [0.29, 0.717) is 10.8 Å². The first-order chi connectivity index (χ1) is 15.4. The molecule has 3 aromatic carbocycles. The Labute approximate surface area is 189 Å². The second kappa shape index (κ2) is 8.06. The van der Waals surface area contributed by atoms with E-state index in [1.807, 2.05) is 80.6 Å². The van der Waals surface area contributed by atoms with Gasteiger partial charge in [-0.05, 0) is 56.0 Å². The fourth-order valence-corrected chi connectivity index (χ4v) is 5.78. The van der Waals surface area contributed by atoms with E-state index in [-0.39, 0.29) is 6.54 Å². The average molecular weight is 443 g/mol. The molecule has 32 heavy (non-hydrogen) atoms. The van der Waals surface area contributed by atoms with Crippen LogP contribution in [0.3, 0.4) is 0 Å². The number of fused-ring (bicyclic) bond motifs is 1.